The molecule has 0 spiro atoms. The van der Waals surface area contributed by atoms with E-state index < -0.39 is 0 Å². The van der Waals surface area contributed by atoms with E-state index in [1.807, 2.05) is 19.1 Å². The summed E-state index contributed by atoms with van der Waals surface area (Å²) in [5, 5.41) is 6.22. The topological polar surface area (TPSA) is 54.3 Å². The zero-order valence-corrected chi connectivity index (χ0v) is 11.8. The number of rotatable bonds is 6. The summed E-state index contributed by atoms with van der Waals surface area (Å²) < 4.78 is 5.18. The molecular weight excluding hydrogens is 240 g/mol. The summed E-state index contributed by atoms with van der Waals surface area (Å²) >= 11 is 0. The van der Waals surface area contributed by atoms with Crippen LogP contribution in [0.1, 0.15) is 38.9 Å². The van der Waals surface area contributed by atoms with Crippen LogP contribution >= 0.6 is 0 Å². The van der Waals surface area contributed by atoms with Crippen molar-refractivity contribution in [3.05, 3.63) is 24.2 Å². The molecule has 0 aliphatic heterocycles. The van der Waals surface area contributed by atoms with Gasteiger partial charge in [0.25, 0.3) is 0 Å². The van der Waals surface area contributed by atoms with Gasteiger partial charge in [-0.1, -0.05) is 19.8 Å². The Morgan fingerprint density at radius 1 is 1.53 bits per heavy atom. The predicted molar refractivity (Wildman–Crippen MR) is 74.5 cm³/mol. The van der Waals surface area contributed by atoms with Crippen LogP contribution in [-0.4, -0.2) is 18.5 Å². The lowest BCUT2D eigenvalue weighted by Gasteiger charge is -2.19. The van der Waals surface area contributed by atoms with E-state index in [1.54, 1.807) is 6.26 Å². The summed E-state index contributed by atoms with van der Waals surface area (Å²) in [6.07, 6.45) is 5.55. The third kappa shape index (κ3) is 4.10. The van der Waals surface area contributed by atoms with Gasteiger partial charge in [0.2, 0.25) is 5.91 Å². The van der Waals surface area contributed by atoms with Crippen LogP contribution in [0, 0.1) is 11.8 Å². The number of carbonyl (C=O) groups is 1. The van der Waals surface area contributed by atoms with Crippen molar-refractivity contribution in [3.63, 3.8) is 0 Å². The molecule has 3 unspecified atom stereocenters. The average Bonchev–Trinajstić information content (AvgIpc) is 3.04. The molecule has 1 saturated carbocycles. The van der Waals surface area contributed by atoms with Crippen molar-refractivity contribution in [3.8, 4) is 0 Å². The standard InChI is InChI=1S/C15H24N2O2/c1-11-5-3-6-13(11)9-16-12(2)15(18)17-10-14-7-4-8-19-14/h4,7-8,11-13,16H,3,5-6,9-10H2,1-2H3,(H,17,18). The first-order valence-electron chi connectivity index (χ1n) is 7.20. The molecule has 1 aliphatic rings. The Labute approximate surface area is 114 Å². The Morgan fingerprint density at radius 3 is 3.00 bits per heavy atom. The zero-order valence-electron chi connectivity index (χ0n) is 11.8. The normalized spacial score (nSPS) is 24.3. The number of amides is 1. The summed E-state index contributed by atoms with van der Waals surface area (Å²) in [7, 11) is 0. The van der Waals surface area contributed by atoms with Crippen LogP contribution in [0.15, 0.2) is 22.8 Å². The summed E-state index contributed by atoms with van der Waals surface area (Å²) in [5.74, 6) is 2.32. The highest BCUT2D eigenvalue weighted by atomic mass is 16.3. The van der Waals surface area contributed by atoms with Crippen molar-refractivity contribution in [1.82, 2.24) is 10.6 Å². The molecule has 4 nitrogen and oxygen atoms in total. The molecule has 3 atom stereocenters. The van der Waals surface area contributed by atoms with Crippen LogP contribution in [-0.2, 0) is 11.3 Å². The minimum Gasteiger partial charge on any atom is -0.467 e. The first kappa shape index (κ1) is 14.1. The molecule has 1 aliphatic carbocycles. The molecule has 1 aromatic heterocycles. The second-order valence-electron chi connectivity index (χ2n) is 5.60. The average molecular weight is 264 g/mol. The summed E-state index contributed by atoms with van der Waals surface area (Å²) in [5.41, 5.74) is 0. The van der Waals surface area contributed by atoms with Crippen molar-refractivity contribution in [1.29, 1.82) is 0 Å². The van der Waals surface area contributed by atoms with E-state index in [9.17, 15) is 4.79 Å². The van der Waals surface area contributed by atoms with Gasteiger partial charge in [0.15, 0.2) is 0 Å². The molecule has 0 radical (unpaired) electrons. The first-order chi connectivity index (χ1) is 9.16. The molecule has 106 valence electrons. The fraction of sp³-hybridized carbons (Fsp3) is 0.667. The van der Waals surface area contributed by atoms with Gasteiger partial charge in [-0.05, 0) is 43.9 Å². The van der Waals surface area contributed by atoms with Crippen LogP contribution in [0.5, 0.6) is 0 Å². The molecular formula is C15H24N2O2. The second kappa shape index (κ2) is 6.75. The summed E-state index contributed by atoms with van der Waals surface area (Å²) in [6.45, 7) is 5.62. The first-order valence-corrected chi connectivity index (χ1v) is 7.20. The maximum Gasteiger partial charge on any atom is 0.237 e. The summed E-state index contributed by atoms with van der Waals surface area (Å²) in [6, 6.07) is 3.53. The Kier molecular flexibility index (Phi) is 5.02. The summed E-state index contributed by atoms with van der Waals surface area (Å²) in [4.78, 5) is 11.9. The maximum absolute atomic E-state index is 11.9. The molecule has 2 rings (SSSR count). The number of furan rings is 1. The minimum atomic E-state index is -0.150. The van der Waals surface area contributed by atoms with Crippen molar-refractivity contribution in [2.24, 2.45) is 11.8 Å². The maximum atomic E-state index is 11.9. The molecule has 2 N–H and O–H groups in total. The third-order valence-electron chi connectivity index (χ3n) is 4.14. The van der Waals surface area contributed by atoms with Crippen LogP contribution in [0.25, 0.3) is 0 Å². The van der Waals surface area contributed by atoms with E-state index in [1.165, 1.54) is 19.3 Å². The van der Waals surface area contributed by atoms with Crippen molar-refractivity contribution >= 4 is 5.91 Å². The van der Waals surface area contributed by atoms with Crippen molar-refractivity contribution < 1.29 is 9.21 Å². The van der Waals surface area contributed by atoms with Gasteiger partial charge in [-0.2, -0.15) is 0 Å². The van der Waals surface area contributed by atoms with Gasteiger partial charge in [0.1, 0.15) is 5.76 Å². The van der Waals surface area contributed by atoms with Gasteiger partial charge in [-0.25, -0.2) is 0 Å². The molecule has 1 heterocycles. The Hall–Kier alpha value is -1.29. The van der Waals surface area contributed by atoms with Gasteiger partial charge in [-0.3, -0.25) is 4.79 Å². The Morgan fingerprint density at radius 2 is 2.37 bits per heavy atom. The smallest absolute Gasteiger partial charge is 0.237 e. The molecule has 0 bridgehead atoms. The van der Waals surface area contributed by atoms with Crippen molar-refractivity contribution in [2.45, 2.75) is 45.7 Å². The monoisotopic (exact) mass is 264 g/mol. The Balaban J connectivity index is 1.67. The number of carbonyl (C=O) groups excluding carboxylic acids is 1. The molecule has 19 heavy (non-hydrogen) atoms. The van der Waals surface area contributed by atoms with E-state index in [-0.39, 0.29) is 11.9 Å². The molecule has 1 fully saturated rings. The zero-order chi connectivity index (χ0) is 13.7. The fourth-order valence-corrected chi connectivity index (χ4v) is 2.69. The highest BCUT2D eigenvalue weighted by Crippen LogP contribution is 2.30. The van der Waals surface area contributed by atoms with E-state index in [0.717, 1.165) is 24.1 Å². The van der Waals surface area contributed by atoms with Crippen LogP contribution in [0.4, 0.5) is 0 Å². The van der Waals surface area contributed by atoms with Crippen LogP contribution < -0.4 is 10.6 Å². The van der Waals surface area contributed by atoms with Gasteiger partial charge in [-0.15, -0.1) is 0 Å². The van der Waals surface area contributed by atoms with Gasteiger partial charge in [0.05, 0.1) is 18.8 Å². The highest BCUT2D eigenvalue weighted by molar-refractivity contribution is 5.81. The fourth-order valence-electron chi connectivity index (χ4n) is 2.69. The molecule has 0 saturated heterocycles. The van der Waals surface area contributed by atoms with Gasteiger partial charge >= 0.3 is 0 Å². The second-order valence-corrected chi connectivity index (χ2v) is 5.60. The lowest BCUT2D eigenvalue weighted by Crippen LogP contribution is -2.43. The van der Waals surface area contributed by atoms with E-state index in [4.69, 9.17) is 4.42 Å². The van der Waals surface area contributed by atoms with Gasteiger partial charge in [0, 0.05) is 0 Å². The molecule has 1 amide bonds. The number of hydrogen-bond acceptors (Lipinski definition) is 3. The number of nitrogens with one attached hydrogen (secondary N) is 2. The molecule has 4 heteroatoms. The number of hydrogen-bond donors (Lipinski definition) is 2. The quantitative estimate of drug-likeness (QED) is 0.829. The minimum absolute atomic E-state index is 0.0297. The van der Waals surface area contributed by atoms with E-state index >= 15 is 0 Å². The van der Waals surface area contributed by atoms with Crippen LogP contribution in [0.3, 0.4) is 0 Å². The lowest BCUT2D eigenvalue weighted by molar-refractivity contribution is -0.123. The van der Waals surface area contributed by atoms with Crippen LogP contribution in [0.2, 0.25) is 0 Å². The van der Waals surface area contributed by atoms with Gasteiger partial charge < -0.3 is 15.1 Å². The largest absolute Gasteiger partial charge is 0.467 e. The van der Waals surface area contributed by atoms with Crippen molar-refractivity contribution in [2.75, 3.05) is 6.54 Å². The SMILES string of the molecule is CC(NCC1CCCC1C)C(=O)NCc1ccco1. The van der Waals surface area contributed by atoms with E-state index in [2.05, 4.69) is 17.6 Å². The lowest BCUT2D eigenvalue weighted by atomic mass is 9.98. The Bertz CT molecular complexity index is 389. The highest BCUT2D eigenvalue weighted by Gasteiger charge is 2.24. The van der Waals surface area contributed by atoms with E-state index in [0.29, 0.717) is 6.54 Å². The molecule has 0 aromatic carbocycles. The molecule has 1 aromatic rings. The third-order valence-corrected chi connectivity index (χ3v) is 4.14. The predicted octanol–water partition coefficient (Wildman–Crippen LogP) is 2.31.